The second-order valence-electron chi connectivity index (χ2n) is 8.11. The number of ether oxygens (including phenoxy) is 1. The third kappa shape index (κ3) is 6.59. The van der Waals surface area contributed by atoms with Gasteiger partial charge < -0.3 is 20.3 Å². The van der Waals surface area contributed by atoms with E-state index in [1.54, 1.807) is 7.11 Å². The molecule has 158 valence electrons. The highest BCUT2D eigenvalue weighted by atomic mass is 16.5. The number of rotatable bonds is 9. The Labute approximate surface area is 171 Å². The van der Waals surface area contributed by atoms with Crippen LogP contribution < -0.4 is 20.3 Å². The molecule has 28 heavy (non-hydrogen) atoms. The molecule has 1 saturated heterocycles. The average molecular weight is 390 g/mol. The Morgan fingerprint density at radius 1 is 1.25 bits per heavy atom. The molecule has 0 aliphatic carbocycles. The molecule has 2 N–H and O–H groups in total. The van der Waals surface area contributed by atoms with Gasteiger partial charge in [-0.3, -0.25) is 9.89 Å². The first kappa shape index (κ1) is 22.3. The minimum Gasteiger partial charge on any atom is -0.497 e. The van der Waals surface area contributed by atoms with Gasteiger partial charge in [0.15, 0.2) is 5.96 Å². The number of nitrogens with zero attached hydrogens (tertiary/aromatic N) is 3. The van der Waals surface area contributed by atoms with Crippen molar-refractivity contribution < 1.29 is 4.74 Å². The molecule has 0 radical (unpaired) electrons. The van der Waals surface area contributed by atoms with Crippen LogP contribution in [0.3, 0.4) is 0 Å². The van der Waals surface area contributed by atoms with Gasteiger partial charge in [-0.2, -0.15) is 0 Å². The summed E-state index contributed by atoms with van der Waals surface area (Å²) in [6, 6.07) is 9.44. The number of benzene rings is 1. The maximum atomic E-state index is 5.35. The molecule has 1 aromatic carbocycles. The molecule has 1 aliphatic rings. The predicted molar refractivity (Wildman–Crippen MR) is 120 cm³/mol. The number of methoxy groups -OCH3 is 1. The summed E-state index contributed by atoms with van der Waals surface area (Å²) >= 11 is 0. The molecule has 0 spiro atoms. The van der Waals surface area contributed by atoms with Gasteiger partial charge in [0, 0.05) is 63.6 Å². The van der Waals surface area contributed by atoms with Gasteiger partial charge in [0.05, 0.1) is 7.11 Å². The fourth-order valence-corrected chi connectivity index (χ4v) is 3.92. The SMILES string of the molecule is CN=C(NCCN(C(C)C)C(C)C)NCC1CCN(c2cccc(OC)c2)C1. The molecule has 0 aromatic heterocycles. The third-order valence-electron chi connectivity index (χ3n) is 5.48. The van der Waals surface area contributed by atoms with Crippen LogP contribution in [-0.2, 0) is 0 Å². The topological polar surface area (TPSA) is 52.1 Å². The maximum absolute atomic E-state index is 5.35. The van der Waals surface area contributed by atoms with Crippen molar-refractivity contribution in [2.45, 2.75) is 46.2 Å². The normalized spacial score (nSPS) is 17.7. The third-order valence-corrected chi connectivity index (χ3v) is 5.48. The quantitative estimate of drug-likeness (QED) is 0.502. The summed E-state index contributed by atoms with van der Waals surface area (Å²) in [6.07, 6.45) is 1.19. The second kappa shape index (κ2) is 11.1. The second-order valence-corrected chi connectivity index (χ2v) is 8.11. The number of guanidine groups is 1. The van der Waals surface area contributed by atoms with E-state index in [1.807, 2.05) is 13.1 Å². The number of aliphatic imine (C=N–C) groups is 1. The molecule has 1 unspecified atom stereocenters. The molecule has 0 amide bonds. The highest BCUT2D eigenvalue weighted by Gasteiger charge is 2.23. The summed E-state index contributed by atoms with van der Waals surface area (Å²) in [6.45, 7) is 14.0. The lowest BCUT2D eigenvalue weighted by Crippen LogP contribution is -2.46. The molecule has 1 aromatic rings. The van der Waals surface area contributed by atoms with Gasteiger partial charge in [0.1, 0.15) is 5.75 Å². The van der Waals surface area contributed by atoms with Gasteiger partial charge in [0.25, 0.3) is 0 Å². The number of hydrogen-bond acceptors (Lipinski definition) is 4. The Hall–Kier alpha value is -1.95. The van der Waals surface area contributed by atoms with Gasteiger partial charge in [-0.25, -0.2) is 0 Å². The Morgan fingerprint density at radius 3 is 2.64 bits per heavy atom. The van der Waals surface area contributed by atoms with E-state index >= 15 is 0 Å². The van der Waals surface area contributed by atoms with E-state index < -0.39 is 0 Å². The smallest absolute Gasteiger partial charge is 0.191 e. The van der Waals surface area contributed by atoms with Crippen LogP contribution in [0.2, 0.25) is 0 Å². The molecule has 2 rings (SSSR count). The molecule has 1 aliphatic heterocycles. The maximum Gasteiger partial charge on any atom is 0.191 e. The zero-order chi connectivity index (χ0) is 20.5. The van der Waals surface area contributed by atoms with Crippen molar-refractivity contribution in [2.24, 2.45) is 10.9 Å². The van der Waals surface area contributed by atoms with Crippen molar-refractivity contribution in [3.8, 4) is 5.75 Å². The lowest BCUT2D eigenvalue weighted by atomic mass is 10.1. The fourth-order valence-electron chi connectivity index (χ4n) is 3.92. The molecular formula is C22H39N5O. The van der Waals surface area contributed by atoms with Crippen LogP contribution >= 0.6 is 0 Å². The molecule has 0 bridgehead atoms. The largest absolute Gasteiger partial charge is 0.497 e. The van der Waals surface area contributed by atoms with Crippen molar-refractivity contribution in [2.75, 3.05) is 51.8 Å². The van der Waals surface area contributed by atoms with Crippen molar-refractivity contribution >= 4 is 11.6 Å². The molecule has 6 nitrogen and oxygen atoms in total. The van der Waals surface area contributed by atoms with Gasteiger partial charge in [0.2, 0.25) is 0 Å². The van der Waals surface area contributed by atoms with Crippen LogP contribution in [0.4, 0.5) is 5.69 Å². The number of anilines is 1. The monoisotopic (exact) mass is 389 g/mol. The minimum atomic E-state index is 0.554. The summed E-state index contributed by atoms with van der Waals surface area (Å²) in [5.41, 5.74) is 1.24. The van der Waals surface area contributed by atoms with Gasteiger partial charge in [-0.05, 0) is 52.2 Å². The van der Waals surface area contributed by atoms with E-state index in [0.717, 1.165) is 44.4 Å². The van der Waals surface area contributed by atoms with E-state index in [0.29, 0.717) is 18.0 Å². The lowest BCUT2D eigenvalue weighted by Gasteiger charge is -2.30. The van der Waals surface area contributed by atoms with Crippen LogP contribution in [0.5, 0.6) is 5.75 Å². The van der Waals surface area contributed by atoms with Gasteiger partial charge in [-0.1, -0.05) is 6.07 Å². The van der Waals surface area contributed by atoms with Crippen LogP contribution in [0, 0.1) is 5.92 Å². The van der Waals surface area contributed by atoms with Gasteiger partial charge in [-0.15, -0.1) is 0 Å². The van der Waals surface area contributed by atoms with E-state index in [1.165, 1.54) is 12.1 Å². The summed E-state index contributed by atoms with van der Waals surface area (Å²) in [5.74, 6) is 2.43. The lowest BCUT2D eigenvalue weighted by molar-refractivity contribution is 0.178. The first-order valence-electron chi connectivity index (χ1n) is 10.5. The van der Waals surface area contributed by atoms with Crippen LogP contribution in [0.25, 0.3) is 0 Å². The molecule has 1 heterocycles. The Morgan fingerprint density at radius 2 is 2.00 bits per heavy atom. The summed E-state index contributed by atoms with van der Waals surface area (Å²) in [5, 5.41) is 6.97. The van der Waals surface area contributed by atoms with Crippen molar-refractivity contribution in [3.63, 3.8) is 0 Å². The zero-order valence-electron chi connectivity index (χ0n) is 18.5. The van der Waals surface area contributed by atoms with Crippen LogP contribution in [-0.4, -0.2) is 69.8 Å². The molecule has 6 heteroatoms. The van der Waals surface area contributed by atoms with Crippen molar-refractivity contribution in [1.82, 2.24) is 15.5 Å². The average Bonchev–Trinajstić information content (AvgIpc) is 3.16. The van der Waals surface area contributed by atoms with Crippen molar-refractivity contribution in [3.05, 3.63) is 24.3 Å². The Balaban J connectivity index is 1.75. The first-order valence-corrected chi connectivity index (χ1v) is 10.5. The molecule has 0 saturated carbocycles. The van der Waals surface area contributed by atoms with Crippen LogP contribution in [0.15, 0.2) is 29.3 Å². The highest BCUT2D eigenvalue weighted by molar-refractivity contribution is 5.79. The molecule has 1 atom stereocenters. The first-order chi connectivity index (χ1) is 13.4. The fraction of sp³-hybridized carbons (Fsp3) is 0.682. The number of hydrogen-bond donors (Lipinski definition) is 2. The van der Waals surface area contributed by atoms with Gasteiger partial charge >= 0.3 is 0 Å². The van der Waals surface area contributed by atoms with Crippen molar-refractivity contribution in [1.29, 1.82) is 0 Å². The zero-order valence-corrected chi connectivity index (χ0v) is 18.5. The minimum absolute atomic E-state index is 0.554. The Bertz CT molecular complexity index is 609. The predicted octanol–water partition coefficient (Wildman–Crippen LogP) is 2.81. The molecular weight excluding hydrogens is 350 g/mol. The van der Waals surface area contributed by atoms with E-state index in [-0.39, 0.29) is 0 Å². The summed E-state index contributed by atoms with van der Waals surface area (Å²) in [4.78, 5) is 9.31. The summed E-state index contributed by atoms with van der Waals surface area (Å²) in [7, 11) is 3.56. The molecule has 1 fully saturated rings. The highest BCUT2D eigenvalue weighted by Crippen LogP contribution is 2.26. The Kier molecular flexibility index (Phi) is 8.90. The van der Waals surface area contributed by atoms with E-state index in [4.69, 9.17) is 4.74 Å². The van der Waals surface area contributed by atoms with E-state index in [9.17, 15) is 0 Å². The van der Waals surface area contributed by atoms with E-state index in [2.05, 4.69) is 71.3 Å². The number of nitrogens with one attached hydrogen (secondary N) is 2. The standard InChI is InChI=1S/C22H39N5O/c1-17(2)27(18(3)4)13-11-24-22(23-5)25-15-19-10-12-26(16-19)20-8-7-9-21(14-20)28-6/h7-9,14,17-19H,10-13,15-16H2,1-6H3,(H2,23,24,25). The van der Waals surface area contributed by atoms with Crippen LogP contribution in [0.1, 0.15) is 34.1 Å². The summed E-state index contributed by atoms with van der Waals surface area (Å²) < 4.78 is 5.35.